The van der Waals surface area contributed by atoms with Gasteiger partial charge in [0.2, 0.25) is 23.6 Å². The Labute approximate surface area is 485 Å². The Morgan fingerprint density at radius 3 is 1.86 bits per heavy atom. The zero-order chi connectivity index (χ0) is 60.3. The summed E-state index contributed by atoms with van der Waals surface area (Å²) >= 11 is 0. The Hall–Kier alpha value is -6.62. The summed E-state index contributed by atoms with van der Waals surface area (Å²) in [6, 6.07) is 0.296. The number of pyridine rings is 2. The van der Waals surface area contributed by atoms with Crippen LogP contribution in [-0.4, -0.2) is 192 Å². The zero-order valence-corrected chi connectivity index (χ0v) is 48.4. The highest BCUT2D eigenvalue weighted by molar-refractivity contribution is 6.13. The van der Waals surface area contributed by atoms with Crippen LogP contribution in [0.1, 0.15) is 92.8 Å². The maximum atomic E-state index is 15.4. The molecule has 1 unspecified atom stereocenters. The average molecular weight is 1180 g/mol. The molecule has 0 bridgehead atoms. The number of aliphatic hydroxyl groups is 1. The van der Waals surface area contributed by atoms with Gasteiger partial charge in [0.25, 0.3) is 17.4 Å². The molecule has 4 atom stereocenters. The molecule has 0 saturated carbocycles. The van der Waals surface area contributed by atoms with E-state index < -0.39 is 70.6 Å². The SMILES string of the molecule is CC[C@@]1(O)C(=O)OCc2c1cc1n(c2=O)Cc2c-1nc1cc(F)c(C)c3c1c2[C@@H](NC(=O)C(C)NC(=O)[C@H](NC(=O)CCOCCOCCOCCOCCOCCOCCOCCOCCNC(=O)CCN1C(=O)C=CC1=O)C(C)C)CC3. The van der Waals surface area contributed by atoms with E-state index in [1.165, 1.54) is 22.8 Å². The average Bonchev–Trinajstić information content (AvgIpc) is 1.51. The lowest BCUT2D eigenvalue weighted by Crippen LogP contribution is -2.55. The summed E-state index contributed by atoms with van der Waals surface area (Å²) in [5.41, 5.74) is 1.35. The number of nitrogens with zero attached hydrogens (tertiary/aromatic N) is 3. The van der Waals surface area contributed by atoms with E-state index in [0.29, 0.717) is 144 Å². The number of fused-ring (bicyclic) bond motifs is 5. The first-order valence-electron chi connectivity index (χ1n) is 28.6. The molecule has 4 aliphatic rings. The number of benzene rings is 1. The van der Waals surface area contributed by atoms with E-state index in [-0.39, 0.29) is 81.7 Å². The molecule has 0 saturated heterocycles. The number of rotatable bonds is 37. The van der Waals surface area contributed by atoms with Gasteiger partial charge in [-0.25, -0.2) is 14.2 Å². The van der Waals surface area contributed by atoms with Crippen molar-refractivity contribution in [2.45, 2.75) is 104 Å². The van der Waals surface area contributed by atoms with Crippen molar-refractivity contribution in [3.63, 3.8) is 0 Å². The maximum Gasteiger partial charge on any atom is 0.343 e. The summed E-state index contributed by atoms with van der Waals surface area (Å²) < 4.78 is 66.2. The van der Waals surface area contributed by atoms with Crippen molar-refractivity contribution >= 4 is 52.3 Å². The van der Waals surface area contributed by atoms with E-state index in [4.69, 9.17) is 47.6 Å². The van der Waals surface area contributed by atoms with Gasteiger partial charge in [-0.3, -0.25) is 38.5 Å². The van der Waals surface area contributed by atoms with E-state index >= 15 is 4.39 Å². The normalized spacial score (nSPS) is 17.5. The number of amides is 6. The van der Waals surface area contributed by atoms with Crippen molar-refractivity contribution in [3.8, 4) is 11.4 Å². The summed E-state index contributed by atoms with van der Waals surface area (Å²) in [7, 11) is 0. The number of hydrogen-bond donors (Lipinski definition) is 5. The first-order valence-corrected chi connectivity index (χ1v) is 28.6. The highest BCUT2D eigenvalue weighted by Gasteiger charge is 2.46. The third-order valence-corrected chi connectivity index (χ3v) is 14.8. The van der Waals surface area contributed by atoms with Crippen molar-refractivity contribution < 1.29 is 85.7 Å². The molecule has 460 valence electrons. The number of imide groups is 1. The van der Waals surface area contributed by atoms with Crippen LogP contribution in [0.15, 0.2) is 29.1 Å². The van der Waals surface area contributed by atoms with Gasteiger partial charge in [-0.1, -0.05) is 20.8 Å². The van der Waals surface area contributed by atoms with Crippen LogP contribution in [0.4, 0.5) is 4.39 Å². The topological polar surface area (TPSA) is 309 Å². The van der Waals surface area contributed by atoms with E-state index in [0.717, 1.165) is 10.5 Å². The van der Waals surface area contributed by atoms with Gasteiger partial charge in [-0.15, -0.1) is 0 Å². The van der Waals surface area contributed by atoms with Crippen molar-refractivity contribution in [3.05, 3.63) is 73.8 Å². The van der Waals surface area contributed by atoms with Gasteiger partial charge in [0.15, 0.2) is 5.60 Å². The van der Waals surface area contributed by atoms with Crippen molar-refractivity contribution in [1.29, 1.82) is 0 Å². The number of esters is 1. The van der Waals surface area contributed by atoms with E-state index in [9.17, 15) is 43.5 Å². The Morgan fingerprint density at radius 2 is 1.30 bits per heavy atom. The molecule has 6 amide bonds. The fourth-order valence-electron chi connectivity index (χ4n) is 10.2. The third kappa shape index (κ3) is 16.6. The lowest BCUT2D eigenvalue weighted by Gasteiger charge is -2.31. The molecule has 5 heterocycles. The van der Waals surface area contributed by atoms with Crippen LogP contribution in [0.3, 0.4) is 0 Å². The smallest absolute Gasteiger partial charge is 0.343 e. The molecule has 84 heavy (non-hydrogen) atoms. The predicted octanol–water partition coefficient (Wildman–Crippen LogP) is 1.23. The first-order chi connectivity index (χ1) is 40.4. The van der Waals surface area contributed by atoms with Crippen LogP contribution >= 0.6 is 0 Å². The van der Waals surface area contributed by atoms with E-state index in [1.54, 1.807) is 40.7 Å². The molecule has 5 N–H and O–H groups in total. The summed E-state index contributed by atoms with van der Waals surface area (Å²) in [6.07, 6.45) is 3.13. The minimum Gasteiger partial charge on any atom is -0.458 e. The molecule has 26 heteroatoms. The summed E-state index contributed by atoms with van der Waals surface area (Å²) in [5.74, 6) is -4.21. The molecular formula is C58H78FN7O18. The molecule has 3 aliphatic heterocycles. The van der Waals surface area contributed by atoms with Crippen molar-refractivity contribution in [1.82, 2.24) is 35.7 Å². The molecule has 0 fully saturated rings. The van der Waals surface area contributed by atoms with Gasteiger partial charge in [0.05, 0.1) is 141 Å². The Morgan fingerprint density at radius 1 is 0.738 bits per heavy atom. The number of aromatic nitrogens is 2. The second-order valence-electron chi connectivity index (χ2n) is 20.8. The molecule has 25 nitrogen and oxygen atoms in total. The molecule has 2 aromatic heterocycles. The third-order valence-electron chi connectivity index (χ3n) is 14.8. The molecule has 3 aromatic rings. The lowest BCUT2D eigenvalue weighted by molar-refractivity contribution is -0.172. The van der Waals surface area contributed by atoms with Crippen LogP contribution in [0.5, 0.6) is 0 Å². The fraction of sp³-hybridized carbons (Fsp3) is 0.603. The van der Waals surface area contributed by atoms with E-state index in [1.807, 2.05) is 0 Å². The largest absolute Gasteiger partial charge is 0.458 e. The van der Waals surface area contributed by atoms with Crippen LogP contribution in [0, 0.1) is 18.7 Å². The molecule has 1 aromatic carbocycles. The van der Waals surface area contributed by atoms with Gasteiger partial charge < -0.3 is 73.6 Å². The number of halogens is 1. The van der Waals surface area contributed by atoms with Gasteiger partial charge >= 0.3 is 5.97 Å². The highest BCUT2D eigenvalue weighted by atomic mass is 19.1. The number of cyclic esters (lactones) is 1. The molecule has 1 aliphatic carbocycles. The number of carbonyl (C=O) groups excluding carboxylic acids is 7. The van der Waals surface area contributed by atoms with Crippen LogP contribution in [-0.2, 0) is 101 Å². The number of aryl methyl sites for hydroxylation is 1. The Kier molecular flexibility index (Phi) is 24.3. The summed E-state index contributed by atoms with van der Waals surface area (Å²) in [5, 5.41) is 23.4. The molecule has 0 radical (unpaired) electrons. The Balaban J connectivity index is 0.701. The van der Waals surface area contributed by atoms with E-state index in [2.05, 4.69) is 21.3 Å². The second kappa shape index (κ2) is 31.5. The van der Waals surface area contributed by atoms with Gasteiger partial charge in [-0.05, 0) is 61.8 Å². The number of ether oxygens (including phenoxy) is 9. The quantitative estimate of drug-likeness (QED) is 0.0241. The van der Waals surface area contributed by atoms with Crippen LogP contribution < -0.4 is 26.8 Å². The van der Waals surface area contributed by atoms with Crippen molar-refractivity contribution in [2.24, 2.45) is 5.92 Å². The van der Waals surface area contributed by atoms with Crippen molar-refractivity contribution in [2.75, 3.05) is 119 Å². The number of nitrogens with one attached hydrogen (secondary N) is 4. The summed E-state index contributed by atoms with van der Waals surface area (Å²) in [6.45, 7) is 14.0. The lowest BCUT2D eigenvalue weighted by atomic mass is 9.81. The highest BCUT2D eigenvalue weighted by Crippen LogP contribution is 2.46. The minimum absolute atomic E-state index is 0.0184. The first kappa shape index (κ1) is 64.9. The fourth-order valence-corrected chi connectivity index (χ4v) is 10.2. The van der Waals surface area contributed by atoms with Crippen LogP contribution in [0.2, 0.25) is 0 Å². The minimum atomic E-state index is -2.04. The maximum absolute atomic E-state index is 15.4. The zero-order valence-electron chi connectivity index (χ0n) is 48.4. The molecule has 7 rings (SSSR count). The summed E-state index contributed by atoms with van der Waals surface area (Å²) in [4.78, 5) is 108. The Bertz CT molecular complexity index is 2940. The van der Waals surface area contributed by atoms with Gasteiger partial charge in [0.1, 0.15) is 24.5 Å². The molecular weight excluding hydrogens is 1100 g/mol. The van der Waals surface area contributed by atoms with Gasteiger partial charge in [-0.2, -0.15) is 0 Å². The van der Waals surface area contributed by atoms with Gasteiger partial charge in [0, 0.05) is 60.7 Å². The standard InChI is InChI=1S/C58H78FN7O18/c1-6-58(75)41-31-45-53-39(33-66(45)56(73)40(41)34-84-57(58)74)51-43(8-7-38-36(4)42(59)32-44(62-53)50(38)51)63-54(71)37(5)61-55(72)52(35(2)3)64-47(68)12-15-76-17-19-78-21-23-80-25-27-82-29-30-83-28-26-81-24-22-79-20-18-77-16-13-60-46(67)11-14-65-48(69)9-10-49(65)70/h9-10,31-32,35,37,43,52,75H,6-8,11-30,33-34H2,1-5H3,(H,60,67)(H,61,72)(H,63,71)(H,64,68)/t37?,43-,52+,58-/m0/s1. The predicted molar refractivity (Wildman–Crippen MR) is 297 cm³/mol. The number of hydrogen-bond acceptors (Lipinski definition) is 19. The van der Waals surface area contributed by atoms with Crippen LogP contribution in [0.25, 0.3) is 22.3 Å². The second-order valence-corrected chi connectivity index (χ2v) is 20.8. The monoisotopic (exact) mass is 1180 g/mol. The number of carbonyl (C=O) groups is 7. The molecule has 0 spiro atoms.